The highest BCUT2D eigenvalue weighted by molar-refractivity contribution is 6.16. The summed E-state index contributed by atoms with van der Waals surface area (Å²) in [5.74, 6) is 0.448. The number of carbonyl (C=O) groups is 2. The van der Waals surface area contributed by atoms with Crippen LogP contribution in [0, 0.1) is 0 Å². The van der Waals surface area contributed by atoms with E-state index in [0.29, 0.717) is 41.7 Å². The Kier molecular flexibility index (Phi) is 6.66. The van der Waals surface area contributed by atoms with Gasteiger partial charge in [0.05, 0.1) is 52.2 Å². The predicted octanol–water partition coefficient (Wildman–Crippen LogP) is 2.56. The van der Waals surface area contributed by atoms with Gasteiger partial charge in [0.2, 0.25) is 5.75 Å². The van der Waals surface area contributed by atoms with Crippen molar-refractivity contribution in [3.63, 3.8) is 0 Å². The number of carbonyl (C=O) groups excluding carboxylic acids is 2. The molecular formula is C22H27NO7. The first-order valence-electron chi connectivity index (χ1n) is 9.70. The second-order valence-corrected chi connectivity index (χ2v) is 6.98. The normalized spacial score (nSPS) is 20.2. The molecule has 8 nitrogen and oxygen atoms in total. The van der Waals surface area contributed by atoms with E-state index in [1.807, 2.05) is 0 Å². The average Bonchev–Trinajstić information content (AvgIpc) is 3.35. The fraction of sp³-hybridized carbons (Fsp3) is 0.455. The lowest BCUT2D eigenvalue weighted by Crippen LogP contribution is -2.33. The van der Waals surface area contributed by atoms with Gasteiger partial charge in [0, 0.05) is 17.9 Å². The number of ether oxygens (including phenoxy) is 5. The standard InChI is InChI=1S/C22H27NO7/c1-13-18(22(25)29-5)16(21(24)23(13)12-15-7-6-10-30-15)11-14-8-9-17(26-2)20(28-4)19(14)27-3/h8-9,11,15H,6-7,10,12H2,1-5H3/b16-11-. The van der Waals surface area contributed by atoms with Crippen molar-refractivity contribution in [2.75, 3.05) is 41.6 Å². The minimum Gasteiger partial charge on any atom is -0.493 e. The Labute approximate surface area is 176 Å². The highest BCUT2D eigenvalue weighted by atomic mass is 16.5. The first kappa shape index (κ1) is 21.7. The zero-order chi connectivity index (χ0) is 21.8. The lowest BCUT2D eigenvalue weighted by molar-refractivity contribution is -0.136. The van der Waals surface area contributed by atoms with Crippen LogP contribution in [0.15, 0.2) is 29.0 Å². The minimum absolute atomic E-state index is 0.0437. The largest absolute Gasteiger partial charge is 0.493 e. The lowest BCUT2D eigenvalue weighted by atomic mass is 10.0. The number of rotatable bonds is 7. The van der Waals surface area contributed by atoms with Crippen LogP contribution in [0.4, 0.5) is 0 Å². The van der Waals surface area contributed by atoms with Gasteiger partial charge in [-0.1, -0.05) is 0 Å². The molecule has 1 atom stereocenters. The van der Waals surface area contributed by atoms with Gasteiger partial charge in [0.1, 0.15) is 0 Å². The Bertz CT molecular complexity index is 897. The molecule has 1 saturated heterocycles. The fourth-order valence-corrected chi connectivity index (χ4v) is 3.83. The number of hydrogen-bond acceptors (Lipinski definition) is 7. The van der Waals surface area contributed by atoms with Crippen molar-refractivity contribution in [3.8, 4) is 17.2 Å². The van der Waals surface area contributed by atoms with Crippen LogP contribution in [-0.2, 0) is 19.1 Å². The quantitative estimate of drug-likeness (QED) is 0.498. The van der Waals surface area contributed by atoms with Gasteiger partial charge in [-0.2, -0.15) is 0 Å². The van der Waals surface area contributed by atoms with E-state index in [0.717, 1.165) is 12.8 Å². The summed E-state index contributed by atoms with van der Waals surface area (Å²) >= 11 is 0. The molecule has 0 saturated carbocycles. The van der Waals surface area contributed by atoms with E-state index in [-0.39, 0.29) is 23.2 Å². The summed E-state index contributed by atoms with van der Waals surface area (Å²) in [7, 11) is 5.83. The van der Waals surface area contributed by atoms with Crippen LogP contribution < -0.4 is 14.2 Å². The topological polar surface area (TPSA) is 83.5 Å². The molecule has 1 unspecified atom stereocenters. The van der Waals surface area contributed by atoms with E-state index in [1.165, 1.54) is 28.4 Å². The van der Waals surface area contributed by atoms with Crippen molar-refractivity contribution >= 4 is 18.0 Å². The van der Waals surface area contributed by atoms with Crippen LogP contribution in [0.5, 0.6) is 17.2 Å². The fourth-order valence-electron chi connectivity index (χ4n) is 3.83. The van der Waals surface area contributed by atoms with E-state index in [4.69, 9.17) is 23.7 Å². The Morgan fingerprint density at radius 2 is 1.90 bits per heavy atom. The molecule has 162 valence electrons. The summed E-state index contributed by atoms with van der Waals surface area (Å²) in [6.07, 6.45) is 3.42. The average molecular weight is 417 g/mol. The van der Waals surface area contributed by atoms with Gasteiger partial charge >= 0.3 is 5.97 Å². The molecule has 1 amide bonds. The summed E-state index contributed by atoms with van der Waals surface area (Å²) in [5, 5.41) is 0. The Hall–Kier alpha value is -3.00. The van der Waals surface area contributed by atoms with E-state index in [1.54, 1.807) is 30.0 Å². The molecule has 1 aromatic carbocycles. The van der Waals surface area contributed by atoms with Gasteiger partial charge in [-0.3, -0.25) is 4.79 Å². The number of allylic oxidation sites excluding steroid dienone is 1. The lowest BCUT2D eigenvalue weighted by Gasteiger charge is -2.21. The number of hydrogen-bond donors (Lipinski definition) is 0. The number of benzene rings is 1. The molecule has 1 aromatic rings. The van der Waals surface area contributed by atoms with E-state index >= 15 is 0 Å². The first-order valence-corrected chi connectivity index (χ1v) is 9.70. The molecule has 0 bridgehead atoms. The molecule has 3 rings (SSSR count). The zero-order valence-corrected chi connectivity index (χ0v) is 17.9. The Balaban J connectivity index is 2.08. The van der Waals surface area contributed by atoms with Gasteiger partial charge in [0.25, 0.3) is 5.91 Å². The van der Waals surface area contributed by atoms with Crippen molar-refractivity contribution in [3.05, 3.63) is 34.5 Å². The molecule has 0 radical (unpaired) electrons. The van der Waals surface area contributed by atoms with Crippen molar-refractivity contribution in [2.45, 2.75) is 25.9 Å². The van der Waals surface area contributed by atoms with Crippen LogP contribution in [0.3, 0.4) is 0 Å². The monoisotopic (exact) mass is 417 g/mol. The van der Waals surface area contributed by atoms with Crippen LogP contribution >= 0.6 is 0 Å². The third kappa shape index (κ3) is 3.87. The maximum absolute atomic E-state index is 13.3. The Morgan fingerprint density at radius 3 is 2.47 bits per heavy atom. The Morgan fingerprint density at radius 1 is 1.17 bits per heavy atom. The molecule has 0 aliphatic carbocycles. The number of amides is 1. The van der Waals surface area contributed by atoms with Gasteiger partial charge in [-0.15, -0.1) is 0 Å². The van der Waals surface area contributed by atoms with E-state index in [9.17, 15) is 9.59 Å². The van der Waals surface area contributed by atoms with Crippen LogP contribution in [0.2, 0.25) is 0 Å². The maximum Gasteiger partial charge on any atom is 0.340 e. The predicted molar refractivity (Wildman–Crippen MR) is 109 cm³/mol. The number of esters is 1. The SMILES string of the molecule is COC(=O)C1=C(C)N(CC2CCCO2)C(=O)/C1=C\c1ccc(OC)c(OC)c1OC. The van der Waals surface area contributed by atoms with Crippen molar-refractivity contribution < 1.29 is 33.3 Å². The van der Waals surface area contributed by atoms with Gasteiger partial charge in [-0.05, 0) is 38.0 Å². The highest BCUT2D eigenvalue weighted by Gasteiger charge is 2.38. The third-order valence-electron chi connectivity index (χ3n) is 5.35. The van der Waals surface area contributed by atoms with E-state index < -0.39 is 5.97 Å². The second-order valence-electron chi connectivity index (χ2n) is 6.98. The first-order chi connectivity index (χ1) is 14.5. The highest BCUT2D eigenvalue weighted by Crippen LogP contribution is 2.42. The van der Waals surface area contributed by atoms with Crippen molar-refractivity contribution in [1.29, 1.82) is 0 Å². The third-order valence-corrected chi connectivity index (χ3v) is 5.35. The summed E-state index contributed by atoms with van der Waals surface area (Å²) in [4.78, 5) is 27.4. The van der Waals surface area contributed by atoms with Crippen molar-refractivity contribution in [2.24, 2.45) is 0 Å². The minimum atomic E-state index is -0.568. The van der Waals surface area contributed by atoms with Gasteiger partial charge in [-0.25, -0.2) is 4.79 Å². The summed E-state index contributed by atoms with van der Waals surface area (Å²) in [6, 6.07) is 3.46. The maximum atomic E-state index is 13.3. The van der Waals surface area contributed by atoms with Gasteiger partial charge < -0.3 is 28.6 Å². The van der Waals surface area contributed by atoms with E-state index in [2.05, 4.69) is 0 Å². The van der Waals surface area contributed by atoms with Crippen LogP contribution in [-0.4, -0.2) is 64.5 Å². The second kappa shape index (κ2) is 9.21. The van der Waals surface area contributed by atoms with Crippen LogP contribution in [0.25, 0.3) is 6.08 Å². The molecule has 8 heteroatoms. The molecule has 30 heavy (non-hydrogen) atoms. The molecule has 2 heterocycles. The molecule has 2 aliphatic heterocycles. The molecule has 0 spiro atoms. The molecule has 2 aliphatic rings. The molecular weight excluding hydrogens is 390 g/mol. The smallest absolute Gasteiger partial charge is 0.340 e. The summed E-state index contributed by atoms with van der Waals surface area (Å²) in [6.45, 7) is 2.82. The molecule has 0 aromatic heterocycles. The van der Waals surface area contributed by atoms with Crippen LogP contribution in [0.1, 0.15) is 25.3 Å². The van der Waals surface area contributed by atoms with Crippen molar-refractivity contribution in [1.82, 2.24) is 4.90 Å². The molecule has 1 fully saturated rings. The number of nitrogens with zero attached hydrogens (tertiary/aromatic N) is 1. The summed E-state index contributed by atoms with van der Waals surface area (Å²) in [5.41, 5.74) is 1.60. The summed E-state index contributed by atoms with van der Waals surface area (Å²) < 4.78 is 26.9. The number of methoxy groups -OCH3 is 4. The van der Waals surface area contributed by atoms with Gasteiger partial charge in [0.15, 0.2) is 11.5 Å². The zero-order valence-electron chi connectivity index (χ0n) is 17.9. The molecule has 0 N–H and O–H groups in total.